The number of carboxylic acid groups (broad SMARTS) is 1. The SMILES string of the molecule is CN(C)c1ccc2c(ccc3nc4cccc(C(=O)O)c4nc32)c1. The average Bonchev–Trinajstić information content (AvgIpc) is 2.58. The van der Waals surface area contributed by atoms with Gasteiger partial charge in [-0.3, -0.25) is 0 Å². The number of carbonyl (C=O) groups is 1. The van der Waals surface area contributed by atoms with E-state index < -0.39 is 5.97 Å². The number of aromatic nitrogens is 2. The maximum Gasteiger partial charge on any atom is 0.337 e. The summed E-state index contributed by atoms with van der Waals surface area (Å²) in [6.45, 7) is 0. The van der Waals surface area contributed by atoms with Crippen molar-refractivity contribution in [2.45, 2.75) is 0 Å². The lowest BCUT2D eigenvalue weighted by Gasteiger charge is -2.13. The van der Waals surface area contributed by atoms with E-state index in [4.69, 9.17) is 0 Å². The molecule has 0 bridgehead atoms. The van der Waals surface area contributed by atoms with E-state index >= 15 is 0 Å². The number of aromatic carboxylic acids is 1. The van der Waals surface area contributed by atoms with Crippen LogP contribution >= 0.6 is 0 Å². The Morgan fingerprint density at radius 1 is 0.958 bits per heavy atom. The summed E-state index contributed by atoms with van der Waals surface area (Å²) in [7, 11) is 3.99. The molecule has 1 N–H and O–H groups in total. The Balaban J connectivity index is 2.11. The summed E-state index contributed by atoms with van der Waals surface area (Å²) in [5.74, 6) is -0.996. The van der Waals surface area contributed by atoms with Crippen LogP contribution in [0.15, 0.2) is 48.5 Å². The highest BCUT2D eigenvalue weighted by atomic mass is 16.4. The summed E-state index contributed by atoms with van der Waals surface area (Å²) in [4.78, 5) is 22.7. The van der Waals surface area contributed by atoms with Crippen LogP contribution < -0.4 is 4.90 Å². The van der Waals surface area contributed by atoms with Gasteiger partial charge in [-0.15, -0.1) is 0 Å². The maximum absolute atomic E-state index is 11.5. The molecule has 3 aromatic carbocycles. The van der Waals surface area contributed by atoms with Gasteiger partial charge in [-0.2, -0.15) is 0 Å². The predicted octanol–water partition coefficient (Wildman–Crippen LogP) is 3.70. The third kappa shape index (κ3) is 2.13. The lowest BCUT2D eigenvalue weighted by atomic mass is 10.1. The summed E-state index contributed by atoms with van der Waals surface area (Å²) < 4.78 is 0. The molecule has 1 aromatic heterocycles. The fraction of sp³-hybridized carbons (Fsp3) is 0.105. The Hall–Kier alpha value is -3.21. The van der Waals surface area contributed by atoms with Crippen LogP contribution in [0.4, 0.5) is 5.69 Å². The predicted molar refractivity (Wildman–Crippen MR) is 95.8 cm³/mol. The van der Waals surface area contributed by atoms with E-state index in [9.17, 15) is 9.90 Å². The first kappa shape index (κ1) is 14.4. The molecule has 0 saturated heterocycles. The lowest BCUT2D eigenvalue weighted by molar-refractivity contribution is 0.0699. The molecule has 1 heterocycles. The zero-order chi connectivity index (χ0) is 16.8. The van der Waals surface area contributed by atoms with E-state index in [2.05, 4.69) is 16.0 Å². The second kappa shape index (κ2) is 5.16. The topological polar surface area (TPSA) is 66.3 Å². The van der Waals surface area contributed by atoms with Gasteiger partial charge in [0.1, 0.15) is 5.52 Å². The van der Waals surface area contributed by atoms with Crippen molar-refractivity contribution in [1.82, 2.24) is 9.97 Å². The first-order valence-electron chi connectivity index (χ1n) is 7.58. The van der Waals surface area contributed by atoms with Crippen LogP contribution in [0.25, 0.3) is 32.8 Å². The molecule has 0 saturated carbocycles. The van der Waals surface area contributed by atoms with Gasteiger partial charge in [0, 0.05) is 25.2 Å². The van der Waals surface area contributed by atoms with E-state index in [1.165, 1.54) is 0 Å². The molecule has 0 unspecified atom stereocenters. The van der Waals surface area contributed by atoms with Crippen LogP contribution in [0.2, 0.25) is 0 Å². The van der Waals surface area contributed by atoms with Gasteiger partial charge in [-0.1, -0.05) is 18.2 Å². The molecule has 0 fully saturated rings. The number of para-hydroxylation sites is 1. The highest BCUT2D eigenvalue weighted by molar-refractivity contribution is 6.09. The van der Waals surface area contributed by atoms with Crippen LogP contribution in [0, 0.1) is 0 Å². The van der Waals surface area contributed by atoms with Crippen molar-refractivity contribution in [2.24, 2.45) is 0 Å². The van der Waals surface area contributed by atoms with Gasteiger partial charge >= 0.3 is 5.97 Å². The monoisotopic (exact) mass is 317 g/mol. The summed E-state index contributed by atoms with van der Waals surface area (Å²) in [5, 5.41) is 11.4. The summed E-state index contributed by atoms with van der Waals surface area (Å²) >= 11 is 0. The normalized spacial score (nSPS) is 11.2. The molecule has 0 aliphatic heterocycles. The van der Waals surface area contributed by atoms with Gasteiger partial charge < -0.3 is 10.0 Å². The molecule has 4 rings (SSSR count). The highest BCUT2D eigenvalue weighted by Crippen LogP contribution is 2.28. The summed E-state index contributed by atoms with van der Waals surface area (Å²) in [5.41, 5.74) is 3.76. The first-order chi connectivity index (χ1) is 11.5. The molecular weight excluding hydrogens is 302 g/mol. The van der Waals surface area contributed by atoms with Crippen LogP contribution in [0.1, 0.15) is 10.4 Å². The fourth-order valence-electron chi connectivity index (χ4n) is 2.93. The zero-order valence-electron chi connectivity index (χ0n) is 13.3. The van der Waals surface area contributed by atoms with Gasteiger partial charge in [-0.25, -0.2) is 14.8 Å². The number of hydrogen-bond donors (Lipinski definition) is 1. The quantitative estimate of drug-likeness (QED) is 0.451. The lowest BCUT2D eigenvalue weighted by Crippen LogP contribution is -2.08. The molecule has 0 radical (unpaired) electrons. The number of rotatable bonds is 2. The Bertz CT molecular complexity index is 1120. The second-order valence-electron chi connectivity index (χ2n) is 5.94. The molecule has 5 heteroatoms. The highest BCUT2D eigenvalue weighted by Gasteiger charge is 2.13. The maximum atomic E-state index is 11.5. The minimum absolute atomic E-state index is 0.170. The number of carboxylic acids is 1. The number of nitrogens with zero attached hydrogens (tertiary/aromatic N) is 3. The smallest absolute Gasteiger partial charge is 0.337 e. The van der Waals surface area contributed by atoms with E-state index in [1.807, 2.05) is 43.3 Å². The van der Waals surface area contributed by atoms with Crippen molar-refractivity contribution in [2.75, 3.05) is 19.0 Å². The average molecular weight is 317 g/mol. The molecule has 0 aliphatic rings. The standard InChI is InChI=1S/C19H15N3O2/c1-22(2)12-7-8-13-11(10-12)6-9-16-17(13)21-18-14(19(23)24)4-3-5-15(18)20-16/h3-10H,1-2H3,(H,23,24). The van der Waals surface area contributed by atoms with Crippen LogP contribution in [-0.4, -0.2) is 35.1 Å². The largest absolute Gasteiger partial charge is 0.478 e. The minimum Gasteiger partial charge on any atom is -0.478 e. The van der Waals surface area contributed by atoms with Crippen molar-refractivity contribution < 1.29 is 9.90 Å². The van der Waals surface area contributed by atoms with Crippen LogP contribution in [-0.2, 0) is 0 Å². The van der Waals surface area contributed by atoms with Crippen molar-refractivity contribution in [3.8, 4) is 0 Å². The van der Waals surface area contributed by atoms with Gasteiger partial charge in [0.2, 0.25) is 0 Å². The van der Waals surface area contributed by atoms with Crippen molar-refractivity contribution >= 4 is 44.5 Å². The van der Waals surface area contributed by atoms with Crippen molar-refractivity contribution in [3.05, 3.63) is 54.1 Å². The number of anilines is 1. The molecule has 0 spiro atoms. The number of hydrogen-bond acceptors (Lipinski definition) is 4. The third-order valence-corrected chi connectivity index (χ3v) is 4.18. The Labute approximate surface area is 138 Å². The Morgan fingerprint density at radius 2 is 1.75 bits per heavy atom. The van der Waals surface area contributed by atoms with Crippen molar-refractivity contribution in [3.63, 3.8) is 0 Å². The third-order valence-electron chi connectivity index (χ3n) is 4.18. The molecule has 4 aromatic rings. The summed E-state index contributed by atoms with van der Waals surface area (Å²) in [6.07, 6.45) is 0. The fourth-order valence-corrected chi connectivity index (χ4v) is 2.93. The molecular formula is C19H15N3O2. The number of benzene rings is 3. The Morgan fingerprint density at radius 3 is 2.50 bits per heavy atom. The zero-order valence-corrected chi connectivity index (χ0v) is 13.3. The van der Waals surface area contributed by atoms with E-state index in [0.717, 1.165) is 27.5 Å². The molecule has 118 valence electrons. The van der Waals surface area contributed by atoms with E-state index in [1.54, 1.807) is 18.2 Å². The van der Waals surface area contributed by atoms with Gasteiger partial charge in [0.05, 0.1) is 22.1 Å². The van der Waals surface area contributed by atoms with Crippen LogP contribution in [0.5, 0.6) is 0 Å². The van der Waals surface area contributed by atoms with E-state index in [0.29, 0.717) is 11.0 Å². The molecule has 24 heavy (non-hydrogen) atoms. The van der Waals surface area contributed by atoms with Gasteiger partial charge in [0.15, 0.2) is 0 Å². The summed E-state index contributed by atoms with van der Waals surface area (Å²) in [6, 6.07) is 15.1. The van der Waals surface area contributed by atoms with Crippen LogP contribution in [0.3, 0.4) is 0 Å². The molecule has 0 aliphatic carbocycles. The number of fused-ring (bicyclic) bond motifs is 4. The molecule has 0 atom stereocenters. The van der Waals surface area contributed by atoms with Crippen molar-refractivity contribution in [1.29, 1.82) is 0 Å². The minimum atomic E-state index is -0.996. The van der Waals surface area contributed by atoms with E-state index in [-0.39, 0.29) is 5.56 Å². The molecule has 5 nitrogen and oxygen atoms in total. The van der Waals surface area contributed by atoms with Gasteiger partial charge in [-0.05, 0) is 35.7 Å². The first-order valence-corrected chi connectivity index (χ1v) is 7.58. The van der Waals surface area contributed by atoms with Gasteiger partial charge in [0.25, 0.3) is 0 Å². The Kier molecular flexibility index (Phi) is 3.09. The second-order valence-corrected chi connectivity index (χ2v) is 5.94. The molecule has 0 amide bonds.